The molecule has 28 heavy (non-hydrogen) atoms. The number of amides is 2. The van der Waals surface area contributed by atoms with E-state index in [1.807, 2.05) is 50.4 Å². The second-order valence-corrected chi connectivity index (χ2v) is 7.28. The summed E-state index contributed by atoms with van der Waals surface area (Å²) in [6.07, 6.45) is 5.26. The lowest BCUT2D eigenvalue weighted by molar-refractivity contribution is -0.126. The first-order valence-electron chi connectivity index (χ1n) is 9.40. The van der Waals surface area contributed by atoms with Crippen LogP contribution in [-0.2, 0) is 21.5 Å². The minimum Gasteiger partial charge on any atom is -0.354 e. The molecule has 0 spiro atoms. The van der Waals surface area contributed by atoms with Crippen molar-refractivity contribution in [3.63, 3.8) is 0 Å². The highest BCUT2D eigenvalue weighted by atomic mass is 35.5. The van der Waals surface area contributed by atoms with Crippen LogP contribution in [0.15, 0.2) is 42.7 Å². The Morgan fingerprint density at radius 3 is 2.46 bits per heavy atom. The maximum Gasteiger partial charge on any atom is 0.252 e. The van der Waals surface area contributed by atoms with Gasteiger partial charge in [-0.2, -0.15) is 5.10 Å². The average molecular weight is 406 g/mol. The Kier molecular flexibility index (Phi) is 7.60. The van der Waals surface area contributed by atoms with E-state index < -0.39 is 5.54 Å². The number of carbonyl (C=O) groups is 2. The van der Waals surface area contributed by atoms with Crippen molar-refractivity contribution in [1.29, 1.82) is 0 Å². The summed E-state index contributed by atoms with van der Waals surface area (Å²) in [7, 11) is 0. The molecule has 0 radical (unpaired) electrons. The summed E-state index contributed by atoms with van der Waals surface area (Å²) in [6.45, 7) is 5.42. The van der Waals surface area contributed by atoms with E-state index in [-0.39, 0.29) is 30.3 Å². The van der Waals surface area contributed by atoms with Crippen LogP contribution in [-0.4, -0.2) is 40.7 Å². The zero-order valence-electron chi connectivity index (χ0n) is 16.3. The Morgan fingerprint density at radius 2 is 1.89 bits per heavy atom. The molecule has 3 rings (SSSR count). The van der Waals surface area contributed by atoms with Crippen LogP contribution in [0.1, 0.15) is 32.3 Å². The molecule has 1 saturated heterocycles. The summed E-state index contributed by atoms with van der Waals surface area (Å²) in [5.41, 5.74) is 0.956. The molecule has 3 N–H and O–H groups in total. The van der Waals surface area contributed by atoms with Gasteiger partial charge in [0.2, 0.25) is 5.91 Å². The van der Waals surface area contributed by atoms with Gasteiger partial charge in [0.05, 0.1) is 6.42 Å². The summed E-state index contributed by atoms with van der Waals surface area (Å²) in [5.74, 6) is -0.0628. The summed E-state index contributed by atoms with van der Waals surface area (Å²) >= 11 is 0. The number of nitrogens with zero attached hydrogens (tertiary/aromatic N) is 2. The largest absolute Gasteiger partial charge is 0.354 e. The zero-order chi connectivity index (χ0) is 19.3. The Balaban J connectivity index is 0.00000280. The predicted molar refractivity (Wildman–Crippen MR) is 112 cm³/mol. The number of hydrogen-bond donors (Lipinski definition) is 3. The SMILES string of the molecule is CC(C)NC(=O)Cc1ccc(NC(=O)C2(n3cccn3)CCNCC2)cc1.Cl. The van der Waals surface area contributed by atoms with Gasteiger partial charge < -0.3 is 16.0 Å². The van der Waals surface area contributed by atoms with E-state index in [0.717, 1.165) is 24.3 Å². The van der Waals surface area contributed by atoms with Crippen molar-refractivity contribution >= 4 is 29.9 Å². The summed E-state index contributed by atoms with van der Waals surface area (Å²) in [6, 6.07) is 9.40. The summed E-state index contributed by atoms with van der Waals surface area (Å²) < 4.78 is 1.77. The molecule has 1 aromatic heterocycles. The summed E-state index contributed by atoms with van der Waals surface area (Å²) in [5, 5.41) is 13.5. The first-order chi connectivity index (χ1) is 13.0. The molecule has 2 aromatic rings. The van der Waals surface area contributed by atoms with Gasteiger partial charge >= 0.3 is 0 Å². The van der Waals surface area contributed by atoms with Crippen molar-refractivity contribution in [3.8, 4) is 0 Å². The molecule has 1 fully saturated rings. The second kappa shape index (κ2) is 9.71. The van der Waals surface area contributed by atoms with Crippen LogP contribution in [0.2, 0.25) is 0 Å². The highest BCUT2D eigenvalue weighted by molar-refractivity contribution is 5.96. The van der Waals surface area contributed by atoms with Crippen LogP contribution >= 0.6 is 12.4 Å². The fraction of sp³-hybridized carbons (Fsp3) is 0.450. The van der Waals surface area contributed by atoms with Gasteiger partial charge in [-0.1, -0.05) is 12.1 Å². The highest BCUT2D eigenvalue weighted by Gasteiger charge is 2.42. The van der Waals surface area contributed by atoms with Crippen molar-refractivity contribution in [2.45, 2.75) is 44.7 Å². The molecule has 152 valence electrons. The lowest BCUT2D eigenvalue weighted by Crippen LogP contribution is -2.52. The predicted octanol–water partition coefficient (Wildman–Crippen LogP) is 2.09. The maximum absolute atomic E-state index is 13.1. The van der Waals surface area contributed by atoms with E-state index in [1.54, 1.807) is 10.9 Å². The summed E-state index contributed by atoms with van der Waals surface area (Å²) in [4.78, 5) is 25.0. The van der Waals surface area contributed by atoms with E-state index in [4.69, 9.17) is 0 Å². The number of piperidine rings is 1. The molecule has 0 aliphatic carbocycles. The third-order valence-electron chi connectivity index (χ3n) is 4.82. The van der Waals surface area contributed by atoms with Crippen molar-refractivity contribution in [2.75, 3.05) is 18.4 Å². The van der Waals surface area contributed by atoms with E-state index in [9.17, 15) is 9.59 Å². The Labute approximate surface area is 171 Å². The van der Waals surface area contributed by atoms with Crippen molar-refractivity contribution in [2.24, 2.45) is 0 Å². The molecule has 0 bridgehead atoms. The Bertz CT molecular complexity index is 768. The number of anilines is 1. The highest BCUT2D eigenvalue weighted by Crippen LogP contribution is 2.28. The smallest absolute Gasteiger partial charge is 0.252 e. The number of nitrogens with one attached hydrogen (secondary N) is 3. The zero-order valence-corrected chi connectivity index (χ0v) is 17.1. The van der Waals surface area contributed by atoms with E-state index in [2.05, 4.69) is 21.0 Å². The number of halogens is 1. The minimum absolute atomic E-state index is 0. The molecular weight excluding hydrogens is 378 g/mol. The fourth-order valence-corrected chi connectivity index (χ4v) is 3.43. The van der Waals surface area contributed by atoms with Crippen LogP contribution in [0.5, 0.6) is 0 Å². The quantitative estimate of drug-likeness (QED) is 0.686. The lowest BCUT2D eigenvalue weighted by Gasteiger charge is -2.36. The second-order valence-electron chi connectivity index (χ2n) is 7.28. The number of carbonyl (C=O) groups excluding carboxylic acids is 2. The van der Waals surface area contributed by atoms with Gasteiger partial charge in [-0.05, 0) is 63.5 Å². The monoisotopic (exact) mass is 405 g/mol. The molecule has 1 aliphatic heterocycles. The minimum atomic E-state index is -0.676. The standard InChI is InChI=1S/C20H27N5O2.ClH/c1-15(2)23-18(26)14-16-4-6-17(7-5-16)24-19(27)20(8-11-21-12-9-20)25-13-3-10-22-25;/h3-7,10,13,15,21H,8-9,11-12,14H2,1-2H3,(H,23,26)(H,24,27);1H. The molecule has 0 saturated carbocycles. The van der Waals surface area contributed by atoms with Crippen molar-refractivity contribution in [3.05, 3.63) is 48.3 Å². The van der Waals surface area contributed by atoms with Crippen molar-refractivity contribution in [1.82, 2.24) is 20.4 Å². The van der Waals surface area contributed by atoms with Gasteiger partial charge in [0.15, 0.2) is 0 Å². The molecule has 1 aromatic carbocycles. The molecule has 2 amide bonds. The maximum atomic E-state index is 13.1. The van der Waals surface area contributed by atoms with Crippen LogP contribution < -0.4 is 16.0 Å². The van der Waals surface area contributed by atoms with Crippen LogP contribution in [0.4, 0.5) is 5.69 Å². The molecular formula is C20H28ClN5O2. The number of aromatic nitrogens is 2. The van der Waals surface area contributed by atoms with Gasteiger partial charge in [-0.15, -0.1) is 12.4 Å². The van der Waals surface area contributed by atoms with Gasteiger partial charge in [0.1, 0.15) is 5.54 Å². The molecule has 8 heteroatoms. The van der Waals surface area contributed by atoms with Gasteiger partial charge in [-0.25, -0.2) is 0 Å². The normalized spacial score (nSPS) is 15.5. The number of hydrogen-bond acceptors (Lipinski definition) is 4. The molecule has 1 aliphatic rings. The van der Waals surface area contributed by atoms with Crippen LogP contribution in [0.3, 0.4) is 0 Å². The topological polar surface area (TPSA) is 88.1 Å². The number of benzene rings is 1. The van der Waals surface area contributed by atoms with E-state index in [1.165, 1.54) is 0 Å². The van der Waals surface area contributed by atoms with Gasteiger partial charge in [0.25, 0.3) is 5.91 Å². The lowest BCUT2D eigenvalue weighted by atomic mass is 9.87. The van der Waals surface area contributed by atoms with Gasteiger partial charge in [-0.3, -0.25) is 14.3 Å². The number of rotatable bonds is 6. The fourth-order valence-electron chi connectivity index (χ4n) is 3.43. The molecule has 0 atom stereocenters. The first kappa shape index (κ1) is 21.9. The van der Waals surface area contributed by atoms with Gasteiger partial charge in [0, 0.05) is 24.1 Å². The Morgan fingerprint density at radius 1 is 1.21 bits per heavy atom. The van der Waals surface area contributed by atoms with Crippen LogP contribution in [0, 0.1) is 0 Å². The third-order valence-corrected chi connectivity index (χ3v) is 4.82. The molecule has 0 unspecified atom stereocenters. The molecule has 7 nitrogen and oxygen atoms in total. The van der Waals surface area contributed by atoms with Crippen LogP contribution in [0.25, 0.3) is 0 Å². The third kappa shape index (κ3) is 5.11. The van der Waals surface area contributed by atoms with E-state index in [0.29, 0.717) is 19.3 Å². The van der Waals surface area contributed by atoms with Crippen molar-refractivity contribution < 1.29 is 9.59 Å². The van der Waals surface area contributed by atoms with E-state index >= 15 is 0 Å². The Hall–Kier alpha value is -2.38. The molecule has 2 heterocycles. The average Bonchev–Trinajstić information content (AvgIpc) is 3.18. The first-order valence-corrected chi connectivity index (χ1v) is 9.40.